The summed E-state index contributed by atoms with van der Waals surface area (Å²) in [4.78, 5) is 23.1. The van der Waals surface area contributed by atoms with Crippen LogP contribution in [0, 0.1) is 5.82 Å². The molecule has 1 fully saturated rings. The van der Waals surface area contributed by atoms with Crippen molar-refractivity contribution in [2.45, 2.75) is 38.1 Å². The van der Waals surface area contributed by atoms with E-state index in [4.69, 9.17) is 0 Å². The second-order valence-electron chi connectivity index (χ2n) is 5.12. The van der Waals surface area contributed by atoms with Crippen LogP contribution in [-0.2, 0) is 15.1 Å². The molecule has 0 atom stereocenters. The van der Waals surface area contributed by atoms with Crippen molar-refractivity contribution in [3.05, 3.63) is 35.6 Å². The molecule has 0 aromatic heterocycles. The number of halogens is 1. The van der Waals surface area contributed by atoms with Crippen LogP contribution in [-0.4, -0.2) is 18.4 Å². The first kappa shape index (κ1) is 14.5. The summed E-state index contributed by atoms with van der Waals surface area (Å²) in [5, 5.41) is 5.52. The first-order chi connectivity index (χ1) is 9.55. The summed E-state index contributed by atoms with van der Waals surface area (Å²) in [6.45, 7) is 1.72. The van der Waals surface area contributed by atoms with Gasteiger partial charge in [-0.25, -0.2) is 4.39 Å². The summed E-state index contributed by atoms with van der Waals surface area (Å²) < 4.78 is 13.0. The van der Waals surface area contributed by atoms with Crippen LogP contribution in [0.5, 0.6) is 0 Å². The summed E-state index contributed by atoms with van der Waals surface area (Å²) in [6.07, 6.45) is 3.06. The first-order valence-electron chi connectivity index (χ1n) is 6.89. The Morgan fingerprint density at radius 2 is 1.85 bits per heavy atom. The highest BCUT2D eigenvalue weighted by atomic mass is 19.1. The number of hydrogen-bond donors (Lipinski definition) is 2. The van der Waals surface area contributed by atoms with Crippen LogP contribution in [0.1, 0.15) is 38.2 Å². The summed E-state index contributed by atoms with van der Waals surface area (Å²) >= 11 is 0. The van der Waals surface area contributed by atoms with Gasteiger partial charge in [0.2, 0.25) is 11.8 Å². The lowest BCUT2D eigenvalue weighted by Crippen LogP contribution is -2.53. The van der Waals surface area contributed by atoms with Crippen LogP contribution >= 0.6 is 0 Å². The van der Waals surface area contributed by atoms with Gasteiger partial charge < -0.3 is 10.6 Å². The normalized spacial score (nSPS) is 16.1. The van der Waals surface area contributed by atoms with Gasteiger partial charge in [0.25, 0.3) is 0 Å². The summed E-state index contributed by atoms with van der Waals surface area (Å²) in [6, 6.07) is 6.22. The zero-order chi connectivity index (χ0) is 14.6. The lowest BCUT2D eigenvalue weighted by atomic mass is 9.72. The minimum Gasteiger partial charge on any atom is -0.347 e. The van der Waals surface area contributed by atoms with Crippen LogP contribution in [0.2, 0.25) is 0 Å². The Labute approximate surface area is 117 Å². The molecule has 4 nitrogen and oxygen atoms in total. The van der Waals surface area contributed by atoms with E-state index in [0.717, 1.165) is 24.8 Å². The van der Waals surface area contributed by atoms with E-state index in [-0.39, 0.29) is 24.2 Å². The maximum Gasteiger partial charge on any atom is 0.240 e. The van der Waals surface area contributed by atoms with E-state index in [1.807, 2.05) is 0 Å². The van der Waals surface area contributed by atoms with Gasteiger partial charge in [0.15, 0.2) is 0 Å². The van der Waals surface area contributed by atoms with Gasteiger partial charge in [-0.15, -0.1) is 0 Å². The average molecular weight is 278 g/mol. The second-order valence-corrected chi connectivity index (χ2v) is 5.12. The van der Waals surface area contributed by atoms with Crippen molar-refractivity contribution in [2.24, 2.45) is 0 Å². The summed E-state index contributed by atoms with van der Waals surface area (Å²) in [7, 11) is 0. The maximum absolute atomic E-state index is 13.0. The fourth-order valence-electron chi connectivity index (χ4n) is 2.40. The molecule has 0 heterocycles. The molecule has 0 saturated heterocycles. The zero-order valence-electron chi connectivity index (χ0n) is 11.5. The molecule has 0 unspecified atom stereocenters. The third-order valence-corrected chi connectivity index (χ3v) is 3.75. The molecule has 1 aliphatic rings. The van der Waals surface area contributed by atoms with Crippen molar-refractivity contribution >= 4 is 11.8 Å². The summed E-state index contributed by atoms with van der Waals surface area (Å²) in [5.41, 5.74) is 0.516. The smallest absolute Gasteiger partial charge is 0.240 e. The van der Waals surface area contributed by atoms with E-state index in [0.29, 0.717) is 6.42 Å². The molecule has 2 amide bonds. The average Bonchev–Trinajstić information content (AvgIpc) is 2.41. The molecule has 0 radical (unpaired) electrons. The molecule has 0 spiro atoms. The van der Waals surface area contributed by atoms with Crippen molar-refractivity contribution in [1.82, 2.24) is 10.6 Å². The standard InChI is InChI=1S/C15H19FN2O2/c1-2-13(19)17-10-14(20)18-15(8-3-9-15)11-4-6-12(16)7-5-11/h4-7H,2-3,8-10H2,1H3,(H,17,19)(H,18,20). The van der Waals surface area contributed by atoms with E-state index in [1.165, 1.54) is 12.1 Å². The van der Waals surface area contributed by atoms with Gasteiger partial charge in [0, 0.05) is 6.42 Å². The number of carbonyl (C=O) groups is 2. The lowest BCUT2D eigenvalue weighted by molar-refractivity contribution is -0.127. The molecule has 1 aliphatic carbocycles. The Morgan fingerprint density at radius 3 is 2.35 bits per heavy atom. The Kier molecular flexibility index (Phi) is 4.37. The highest BCUT2D eigenvalue weighted by Crippen LogP contribution is 2.41. The van der Waals surface area contributed by atoms with E-state index in [1.54, 1.807) is 19.1 Å². The minimum absolute atomic E-state index is 0.0182. The van der Waals surface area contributed by atoms with Gasteiger partial charge in [-0.05, 0) is 37.0 Å². The quantitative estimate of drug-likeness (QED) is 0.863. The van der Waals surface area contributed by atoms with Gasteiger partial charge in [-0.2, -0.15) is 0 Å². The topological polar surface area (TPSA) is 58.2 Å². The molecular formula is C15H19FN2O2. The van der Waals surface area contributed by atoms with E-state index in [2.05, 4.69) is 10.6 Å². The molecular weight excluding hydrogens is 259 g/mol. The Morgan fingerprint density at radius 1 is 1.20 bits per heavy atom. The van der Waals surface area contributed by atoms with Gasteiger partial charge >= 0.3 is 0 Å². The lowest BCUT2D eigenvalue weighted by Gasteiger charge is -2.43. The van der Waals surface area contributed by atoms with Crippen LogP contribution in [0.15, 0.2) is 24.3 Å². The zero-order valence-corrected chi connectivity index (χ0v) is 11.5. The van der Waals surface area contributed by atoms with E-state index < -0.39 is 5.54 Å². The monoisotopic (exact) mass is 278 g/mol. The molecule has 2 rings (SSSR count). The largest absolute Gasteiger partial charge is 0.347 e. The van der Waals surface area contributed by atoms with Gasteiger partial charge in [0.1, 0.15) is 5.82 Å². The Bertz CT molecular complexity index is 495. The number of rotatable bonds is 5. The molecule has 5 heteroatoms. The van der Waals surface area contributed by atoms with Crippen LogP contribution in [0.25, 0.3) is 0 Å². The fourth-order valence-corrected chi connectivity index (χ4v) is 2.40. The molecule has 0 aliphatic heterocycles. The van der Waals surface area contributed by atoms with Crippen molar-refractivity contribution in [2.75, 3.05) is 6.54 Å². The molecule has 0 bridgehead atoms. The number of hydrogen-bond acceptors (Lipinski definition) is 2. The Balaban J connectivity index is 1.99. The highest BCUT2D eigenvalue weighted by Gasteiger charge is 2.39. The van der Waals surface area contributed by atoms with E-state index >= 15 is 0 Å². The Hall–Kier alpha value is -1.91. The third-order valence-electron chi connectivity index (χ3n) is 3.75. The molecule has 1 aromatic carbocycles. The van der Waals surface area contributed by atoms with Crippen molar-refractivity contribution in [1.29, 1.82) is 0 Å². The SMILES string of the molecule is CCC(=O)NCC(=O)NC1(c2ccc(F)cc2)CCC1. The predicted octanol–water partition coefficient (Wildman–Crippen LogP) is 1.85. The van der Waals surface area contributed by atoms with Crippen LogP contribution in [0.4, 0.5) is 4.39 Å². The predicted molar refractivity (Wildman–Crippen MR) is 73.4 cm³/mol. The van der Waals surface area contributed by atoms with Crippen molar-refractivity contribution in [3.63, 3.8) is 0 Å². The van der Waals surface area contributed by atoms with Crippen molar-refractivity contribution < 1.29 is 14.0 Å². The third kappa shape index (κ3) is 3.15. The van der Waals surface area contributed by atoms with Crippen LogP contribution < -0.4 is 10.6 Å². The number of benzene rings is 1. The number of nitrogens with one attached hydrogen (secondary N) is 2. The van der Waals surface area contributed by atoms with Crippen molar-refractivity contribution in [3.8, 4) is 0 Å². The van der Waals surface area contributed by atoms with Gasteiger partial charge in [-0.1, -0.05) is 19.1 Å². The second kappa shape index (κ2) is 6.03. The van der Waals surface area contributed by atoms with Gasteiger partial charge in [-0.3, -0.25) is 9.59 Å². The van der Waals surface area contributed by atoms with Gasteiger partial charge in [0.05, 0.1) is 12.1 Å². The molecule has 1 aromatic rings. The first-order valence-corrected chi connectivity index (χ1v) is 6.89. The molecule has 108 valence electrons. The van der Waals surface area contributed by atoms with E-state index in [9.17, 15) is 14.0 Å². The number of amides is 2. The maximum atomic E-state index is 13.0. The fraction of sp³-hybridized carbons (Fsp3) is 0.467. The molecule has 20 heavy (non-hydrogen) atoms. The highest BCUT2D eigenvalue weighted by molar-refractivity contribution is 5.85. The van der Waals surface area contributed by atoms with Crippen LogP contribution in [0.3, 0.4) is 0 Å². The minimum atomic E-state index is -0.401. The number of carbonyl (C=O) groups excluding carboxylic acids is 2. The summed E-state index contributed by atoms with van der Waals surface area (Å²) in [5.74, 6) is -0.648. The molecule has 1 saturated carbocycles. The molecule has 2 N–H and O–H groups in total.